The van der Waals surface area contributed by atoms with E-state index in [0.717, 1.165) is 11.4 Å². The van der Waals surface area contributed by atoms with Gasteiger partial charge in [-0.1, -0.05) is 0 Å². The molecule has 1 heterocycles. The van der Waals surface area contributed by atoms with Crippen LogP contribution in [0.3, 0.4) is 0 Å². The van der Waals surface area contributed by atoms with Crippen LogP contribution in [-0.4, -0.2) is 27.2 Å². The molecule has 4 heteroatoms. The van der Waals surface area contributed by atoms with Crippen LogP contribution in [0, 0.1) is 6.92 Å². The highest BCUT2D eigenvalue weighted by molar-refractivity contribution is 5.07. The largest absolute Gasteiger partial charge is 0.389 e. The van der Waals surface area contributed by atoms with Crippen molar-refractivity contribution in [2.45, 2.75) is 32.9 Å². The second-order valence-corrected chi connectivity index (χ2v) is 3.89. The van der Waals surface area contributed by atoms with E-state index in [4.69, 9.17) is 0 Å². The van der Waals surface area contributed by atoms with Gasteiger partial charge in [0.15, 0.2) is 0 Å². The van der Waals surface area contributed by atoms with Crippen molar-refractivity contribution in [1.82, 2.24) is 15.3 Å². The Labute approximate surface area is 78.4 Å². The summed E-state index contributed by atoms with van der Waals surface area (Å²) in [7, 11) is 0. The maximum absolute atomic E-state index is 9.42. The quantitative estimate of drug-likeness (QED) is 0.640. The lowest BCUT2D eigenvalue weighted by Gasteiger charge is -2.17. The van der Waals surface area contributed by atoms with E-state index >= 15 is 0 Å². The lowest BCUT2D eigenvalue weighted by molar-refractivity contribution is 0.0794. The molecule has 3 N–H and O–H groups in total. The van der Waals surface area contributed by atoms with Gasteiger partial charge in [0.1, 0.15) is 0 Å². The van der Waals surface area contributed by atoms with Gasteiger partial charge in [-0.2, -0.15) is 0 Å². The average Bonchev–Trinajstić information content (AvgIpc) is 2.34. The minimum absolute atomic E-state index is 0.569. The molecule has 0 fully saturated rings. The molecule has 0 saturated carbocycles. The van der Waals surface area contributed by atoms with Gasteiger partial charge in [0.05, 0.1) is 17.6 Å². The zero-order chi connectivity index (χ0) is 9.90. The van der Waals surface area contributed by atoms with Crippen molar-refractivity contribution in [3.8, 4) is 0 Å². The molecular weight excluding hydrogens is 166 g/mol. The van der Waals surface area contributed by atoms with Crippen LogP contribution in [0.2, 0.25) is 0 Å². The first kappa shape index (κ1) is 10.2. The fourth-order valence-electron chi connectivity index (χ4n) is 1.05. The lowest BCUT2D eigenvalue weighted by atomic mass is 10.1. The van der Waals surface area contributed by atoms with Crippen LogP contribution >= 0.6 is 0 Å². The maximum atomic E-state index is 9.42. The van der Waals surface area contributed by atoms with Crippen molar-refractivity contribution in [2.24, 2.45) is 0 Å². The lowest BCUT2D eigenvalue weighted by Crippen LogP contribution is -2.34. The SMILES string of the molecule is Cc1[nH]cnc1CNCC(C)(C)O. The summed E-state index contributed by atoms with van der Waals surface area (Å²) in [4.78, 5) is 7.14. The number of aliphatic hydroxyl groups is 1. The van der Waals surface area contributed by atoms with E-state index in [-0.39, 0.29) is 0 Å². The third kappa shape index (κ3) is 3.57. The molecule has 4 nitrogen and oxygen atoms in total. The number of aromatic amines is 1. The van der Waals surface area contributed by atoms with Crippen molar-refractivity contribution >= 4 is 0 Å². The Morgan fingerprint density at radius 2 is 2.31 bits per heavy atom. The van der Waals surface area contributed by atoms with E-state index in [0.29, 0.717) is 13.1 Å². The molecular formula is C9H17N3O. The van der Waals surface area contributed by atoms with Crippen molar-refractivity contribution in [2.75, 3.05) is 6.54 Å². The Morgan fingerprint density at radius 3 is 2.77 bits per heavy atom. The van der Waals surface area contributed by atoms with Crippen LogP contribution in [0.5, 0.6) is 0 Å². The summed E-state index contributed by atoms with van der Waals surface area (Å²) in [6.45, 7) is 6.79. The third-order valence-corrected chi connectivity index (χ3v) is 1.78. The van der Waals surface area contributed by atoms with E-state index in [1.54, 1.807) is 20.2 Å². The molecule has 0 aliphatic carbocycles. The molecule has 1 aromatic rings. The van der Waals surface area contributed by atoms with E-state index in [1.165, 1.54) is 0 Å². The van der Waals surface area contributed by atoms with Crippen LogP contribution < -0.4 is 5.32 Å². The van der Waals surface area contributed by atoms with Crippen molar-refractivity contribution in [1.29, 1.82) is 0 Å². The van der Waals surface area contributed by atoms with Crippen molar-refractivity contribution in [3.05, 3.63) is 17.7 Å². The van der Waals surface area contributed by atoms with E-state index in [2.05, 4.69) is 15.3 Å². The molecule has 0 bridgehead atoms. The molecule has 0 radical (unpaired) electrons. The summed E-state index contributed by atoms with van der Waals surface area (Å²) in [5.41, 5.74) is 1.41. The van der Waals surface area contributed by atoms with Gasteiger partial charge in [0, 0.05) is 18.8 Å². The van der Waals surface area contributed by atoms with Gasteiger partial charge in [0.25, 0.3) is 0 Å². The van der Waals surface area contributed by atoms with Crippen LogP contribution in [0.4, 0.5) is 0 Å². The third-order valence-electron chi connectivity index (χ3n) is 1.78. The predicted molar refractivity (Wildman–Crippen MR) is 51.3 cm³/mol. The smallest absolute Gasteiger partial charge is 0.0925 e. The molecule has 1 aromatic heterocycles. The van der Waals surface area contributed by atoms with Crippen molar-refractivity contribution in [3.63, 3.8) is 0 Å². The number of aryl methyl sites for hydroxylation is 1. The Balaban J connectivity index is 2.32. The molecule has 0 saturated heterocycles. The van der Waals surface area contributed by atoms with Gasteiger partial charge >= 0.3 is 0 Å². The first-order chi connectivity index (χ1) is 5.99. The molecule has 0 atom stereocenters. The molecule has 0 amide bonds. The zero-order valence-corrected chi connectivity index (χ0v) is 8.39. The van der Waals surface area contributed by atoms with Gasteiger partial charge in [-0.25, -0.2) is 4.98 Å². The van der Waals surface area contributed by atoms with Crippen LogP contribution in [0.1, 0.15) is 25.2 Å². The molecule has 74 valence electrons. The van der Waals surface area contributed by atoms with Gasteiger partial charge < -0.3 is 15.4 Å². The first-order valence-corrected chi connectivity index (χ1v) is 4.41. The minimum Gasteiger partial charge on any atom is -0.389 e. The van der Waals surface area contributed by atoms with Gasteiger partial charge in [0.2, 0.25) is 0 Å². The van der Waals surface area contributed by atoms with Gasteiger partial charge in [-0.05, 0) is 20.8 Å². The van der Waals surface area contributed by atoms with Gasteiger partial charge in [-0.3, -0.25) is 0 Å². The summed E-state index contributed by atoms with van der Waals surface area (Å²) in [6.07, 6.45) is 1.68. The summed E-state index contributed by atoms with van der Waals surface area (Å²) in [6, 6.07) is 0. The molecule has 0 aliphatic rings. The topological polar surface area (TPSA) is 60.9 Å². The number of H-pyrrole nitrogens is 1. The summed E-state index contributed by atoms with van der Waals surface area (Å²) in [5.74, 6) is 0. The Hall–Kier alpha value is -0.870. The summed E-state index contributed by atoms with van der Waals surface area (Å²) >= 11 is 0. The fraction of sp³-hybridized carbons (Fsp3) is 0.667. The molecule has 0 spiro atoms. The number of nitrogens with zero attached hydrogens (tertiary/aromatic N) is 1. The van der Waals surface area contributed by atoms with Crippen LogP contribution in [-0.2, 0) is 6.54 Å². The van der Waals surface area contributed by atoms with E-state index in [1.807, 2.05) is 6.92 Å². The Kier molecular flexibility index (Phi) is 3.06. The molecule has 0 aliphatic heterocycles. The molecule has 0 unspecified atom stereocenters. The number of nitrogens with one attached hydrogen (secondary N) is 2. The first-order valence-electron chi connectivity index (χ1n) is 4.41. The molecule has 1 rings (SSSR count). The monoisotopic (exact) mass is 183 g/mol. The average molecular weight is 183 g/mol. The van der Waals surface area contributed by atoms with E-state index < -0.39 is 5.60 Å². The summed E-state index contributed by atoms with van der Waals surface area (Å²) < 4.78 is 0. The predicted octanol–water partition coefficient (Wildman–Crippen LogP) is 0.579. The Bertz CT molecular complexity index is 262. The fourth-order valence-corrected chi connectivity index (χ4v) is 1.05. The Morgan fingerprint density at radius 1 is 1.62 bits per heavy atom. The molecule has 0 aromatic carbocycles. The van der Waals surface area contributed by atoms with Crippen LogP contribution in [0.15, 0.2) is 6.33 Å². The minimum atomic E-state index is -0.662. The molecule has 13 heavy (non-hydrogen) atoms. The van der Waals surface area contributed by atoms with Crippen LogP contribution in [0.25, 0.3) is 0 Å². The number of imidazole rings is 1. The summed E-state index contributed by atoms with van der Waals surface area (Å²) in [5, 5.41) is 12.6. The number of aromatic nitrogens is 2. The highest BCUT2D eigenvalue weighted by Crippen LogP contribution is 2.01. The van der Waals surface area contributed by atoms with Crippen molar-refractivity contribution < 1.29 is 5.11 Å². The normalized spacial score (nSPS) is 12.0. The zero-order valence-electron chi connectivity index (χ0n) is 8.39. The second-order valence-electron chi connectivity index (χ2n) is 3.89. The standard InChI is InChI=1S/C9H17N3O/c1-7-8(12-6-11-7)4-10-5-9(2,3)13/h6,10,13H,4-5H2,1-3H3,(H,11,12). The second kappa shape index (κ2) is 3.89. The number of hydrogen-bond acceptors (Lipinski definition) is 3. The highest BCUT2D eigenvalue weighted by atomic mass is 16.3. The van der Waals surface area contributed by atoms with Gasteiger partial charge in [-0.15, -0.1) is 0 Å². The number of rotatable bonds is 4. The number of hydrogen-bond donors (Lipinski definition) is 3. The van der Waals surface area contributed by atoms with E-state index in [9.17, 15) is 5.11 Å². The highest BCUT2D eigenvalue weighted by Gasteiger charge is 2.11. The maximum Gasteiger partial charge on any atom is 0.0925 e.